The lowest BCUT2D eigenvalue weighted by molar-refractivity contribution is 0.111. The van der Waals surface area contributed by atoms with Gasteiger partial charge in [-0.15, -0.1) is 0 Å². The van der Waals surface area contributed by atoms with E-state index in [1.165, 1.54) is 0 Å². The van der Waals surface area contributed by atoms with Gasteiger partial charge in [-0.2, -0.15) is 0 Å². The second kappa shape index (κ2) is 42.1. The number of carbonyl (C=O) groups excluding carboxylic acids is 2. The van der Waals surface area contributed by atoms with Gasteiger partial charge in [-0.1, -0.05) is 223 Å². The summed E-state index contributed by atoms with van der Waals surface area (Å²) in [4.78, 5) is 25.6. The zero-order valence-electron chi connectivity index (χ0n) is 52.9. The molecule has 0 aromatic heterocycles. The van der Waals surface area contributed by atoms with Crippen molar-refractivity contribution in [2.45, 2.75) is 237 Å². The van der Waals surface area contributed by atoms with Crippen molar-refractivity contribution in [3.63, 3.8) is 0 Å². The third-order valence-corrected chi connectivity index (χ3v) is 16.7. The van der Waals surface area contributed by atoms with Crippen molar-refractivity contribution in [2.75, 3.05) is 39.6 Å². The smallest absolute Gasteiger partial charge is 0.153 e. The fraction of sp³-hybridized carbons (Fsp3) is 0.667. The highest BCUT2D eigenvalue weighted by atomic mass is 16.5. The van der Waals surface area contributed by atoms with Gasteiger partial charge in [-0.05, 0) is 110 Å². The molecule has 3 aromatic carbocycles. The van der Waals surface area contributed by atoms with Gasteiger partial charge in [0.1, 0.15) is 34.5 Å². The number of rotatable bonds is 48. The average molecular weight is 1110 g/mol. The first kappa shape index (κ1) is 69.5. The van der Waals surface area contributed by atoms with E-state index < -0.39 is 0 Å². The minimum absolute atomic E-state index is 0.401. The largest absolute Gasteiger partial charge is 0.493 e. The maximum atomic E-state index is 12.8. The van der Waals surface area contributed by atoms with Crippen molar-refractivity contribution in [1.29, 1.82) is 0 Å². The first-order chi connectivity index (χ1) is 39.0. The molecule has 8 nitrogen and oxygen atoms in total. The molecule has 0 aliphatic rings. The summed E-state index contributed by atoms with van der Waals surface area (Å²) in [5.41, 5.74) is 4.46. The molecule has 0 aliphatic carbocycles. The fourth-order valence-corrected chi connectivity index (χ4v) is 10.2. The number of benzene rings is 3. The number of unbranched alkanes of at least 4 members (excludes halogenated alkanes) is 6. The Hall–Kier alpha value is -4.72. The third kappa shape index (κ3) is 25.2. The van der Waals surface area contributed by atoms with Crippen molar-refractivity contribution in [3.8, 4) is 34.5 Å². The first-order valence-corrected chi connectivity index (χ1v) is 32.6. The SMILES string of the molecule is CCCCC(CC)COc1cc(/C=C/c2cc(OCC(CC)CCCC)c(/C=C/c3cc(OCC(CC)CCCC)c(C=O)cc3OCC(CC)CCCC)cc2OCC(CC)CCCC)c(OCC(CC)CCCC)cc1C=O. The van der Waals surface area contributed by atoms with Crippen molar-refractivity contribution in [2.24, 2.45) is 35.5 Å². The number of carbonyl (C=O) groups is 2. The summed E-state index contributed by atoms with van der Waals surface area (Å²) in [7, 11) is 0. The molecule has 0 N–H and O–H groups in total. The Bertz CT molecular complexity index is 2040. The van der Waals surface area contributed by atoms with Crippen LogP contribution in [0.1, 0.15) is 280 Å². The standard InChI is InChI=1S/C72H114O8/c1-13-25-31-55(19-7)49-75-67-41-62(38-40-64-44-72(80-54-60(24-12)36-30-18-6)66(48-74)46-70(64)78-52-58(22-10)34-28-16-4)68(76-50-56(20-8)32-26-14-2)42-61(67)37-39-63-43-71(79-53-59(23-11)35-29-17-5)65(47-73)45-69(63)77-51-57(21-9)33-27-15-3/h37-48,55-60H,13-36,49-54H2,1-12H3/b39-37+,40-38+. The number of ether oxygens (including phenoxy) is 6. The van der Waals surface area contributed by atoms with Crippen LogP contribution in [0.15, 0.2) is 36.4 Å². The van der Waals surface area contributed by atoms with Gasteiger partial charge in [-0.25, -0.2) is 0 Å². The number of aldehydes is 2. The van der Waals surface area contributed by atoms with Gasteiger partial charge in [-0.3, -0.25) is 9.59 Å². The van der Waals surface area contributed by atoms with Crippen molar-refractivity contribution in [3.05, 3.63) is 69.8 Å². The number of hydrogen-bond donors (Lipinski definition) is 0. The van der Waals surface area contributed by atoms with Crippen molar-refractivity contribution in [1.82, 2.24) is 0 Å². The molecule has 0 saturated heterocycles. The average Bonchev–Trinajstić information content (AvgIpc) is 3.48. The molecule has 0 radical (unpaired) electrons. The van der Waals surface area contributed by atoms with Crippen LogP contribution in [0, 0.1) is 35.5 Å². The summed E-state index contributed by atoms with van der Waals surface area (Å²) in [6.45, 7) is 30.2. The molecule has 0 aliphatic heterocycles. The van der Waals surface area contributed by atoms with E-state index in [1.807, 2.05) is 24.3 Å². The predicted molar refractivity (Wildman–Crippen MR) is 341 cm³/mol. The van der Waals surface area contributed by atoms with Gasteiger partial charge in [0.05, 0.1) is 50.8 Å². The van der Waals surface area contributed by atoms with Crippen LogP contribution < -0.4 is 28.4 Å². The van der Waals surface area contributed by atoms with E-state index in [-0.39, 0.29) is 0 Å². The highest BCUT2D eigenvalue weighted by molar-refractivity contribution is 5.86. The maximum Gasteiger partial charge on any atom is 0.153 e. The van der Waals surface area contributed by atoms with E-state index in [4.69, 9.17) is 28.4 Å². The molecule has 3 rings (SSSR count). The Morgan fingerprint density at radius 2 is 0.438 bits per heavy atom. The van der Waals surface area contributed by atoms with Gasteiger partial charge >= 0.3 is 0 Å². The van der Waals surface area contributed by atoms with Crippen LogP contribution in [0.25, 0.3) is 24.3 Å². The molecule has 6 atom stereocenters. The molecule has 0 spiro atoms. The van der Waals surface area contributed by atoms with E-state index in [1.54, 1.807) is 0 Å². The van der Waals surface area contributed by atoms with Crippen LogP contribution in [0.2, 0.25) is 0 Å². The van der Waals surface area contributed by atoms with E-state index in [0.29, 0.717) is 109 Å². The lowest BCUT2D eigenvalue weighted by Gasteiger charge is -2.21. The molecule has 0 heterocycles. The highest BCUT2D eigenvalue weighted by Gasteiger charge is 2.20. The number of hydrogen-bond acceptors (Lipinski definition) is 8. The summed E-state index contributed by atoms with van der Waals surface area (Å²) in [6, 6.07) is 12.0. The summed E-state index contributed by atoms with van der Waals surface area (Å²) < 4.78 is 40.6. The Balaban J connectivity index is 2.39. The minimum atomic E-state index is 0.401. The zero-order chi connectivity index (χ0) is 58.3. The van der Waals surface area contributed by atoms with Gasteiger partial charge in [0.2, 0.25) is 0 Å². The fourth-order valence-electron chi connectivity index (χ4n) is 10.2. The Morgan fingerprint density at radius 3 is 0.588 bits per heavy atom. The monoisotopic (exact) mass is 1110 g/mol. The van der Waals surface area contributed by atoms with Crippen LogP contribution in [0.5, 0.6) is 34.5 Å². The van der Waals surface area contributed by atoms with Crippen LogP contribution in [0.4, 0.5) is 0 Å². The minimum Gasteiger partial charge on any atom is -0.493 e. The van der Waals surface area contributed by atoms with Crippen LogP contribution in [-0.2, 0) is 0 Å². The van der Waals surface area contributed by atoms with Gasteiger partial charge < -0.3 is 28.4 Å². The molecular weight excluding hydrogens is 993 g/mol. The molecule has 0 amide bonds. The normalized spacial score (nSPS) is 13.9. The maximum absolute atomic E-state index is 12.8. The summed E-state index contributed by atoms with van der Waals surface area (Å²) in [6.07, 6.45) is 36.7. The van der Waals surface area contributed by atoms with Crippen LogP contribution in [0.3, 0.4) is 0 Å². The second-order valence-electron chi connectivity index (χ2n) is 23.1. The molecule has 3 aromatic rings. The van der Waals surface area contributed by atoms with Crippen molar-refractivity contribution >= 4 is 36.9 Å². The van der Waals surface area contributed by atoms with Crippen LogP contribution in [-0.4, -0.2) is 52.2 Å². The molecule has 8 heteroatoms. The molecule has 0 saturated carbocycles. The molecule has 80 heavy (non-hydrogen) atoms. The Labute approximate surface area is 489 Å². The molecule has 0 bridgehead atoms. The highest BCUT2D eigenvalue weighted by Crippen LogP contribution is 2.38. The topological polar surface area (TPSA) is 89.5 Å². The summed E-state index contributed by atoms with van der Waals surface area (Å²) >= 11 is 0. The predicted octanol–water partition coefficient (Wildman–Crippen LogP) is 21.2. The Morgan fingerprint density at radius 1 is 0.275 bits per heavy atom. The van der Waals surface area contributed by atoms with E-state index in [2.05, 4.69) is 120 Å². The third-order valence-electron chi connectivity index (χ3n) is 16.7. The summed E-state index contributed by atoms with van der Waals surface area (Å²) in [5.74, 6) is 6.41. The van der Waals surface area contributed by atoms with Crippen molar-refractivity contribution < 1.29 is 38.0 Å². The Kier molecular flexibility index (Phi) is 36.6. The van der Waals surface area contributed by atoms with E-state index in [9.17, 15) is 9.59 Å². The zero-order valence-corrected chi connectivity index (χ0v) is 52.9. The first-order valence-electron chi connectivity index (χ1n) is 32.6. The molecule has 0 fully saturated rings. The second-order valence-corrected chi connectivity index (χ2v) is 23.1. The lowest BCUT2D eigenvalue weighted by atomic mass is 9.99. The lowest BCUT2D eigenvalue weighted by Crippen LogP contribution is -2.14. The molecule has 450 valence electrons. The molecular formula is C72H114O8. The quantitative estimate of drug-likeness (QED) is 0.0408. The van der Waals surface area contributed by atoms with E-state index >= 15 is 0 Å². The van der Waals surface area contributed by atoms with E-state index in [0.717, 1.165) is 200 Å². The van der Waals surface area contributed by atoms with Gasteiger partial charge in [0.25, 0.3) is 0 Å². The molecule has 6 unspecified atom stereocenters. The van der Waals surface area contributed by atoms with Gasteiger partial charge in [0.15, 0.2) is 12.6 Å². The van der Waals surface area contributed by atoms with Crippen LogP contribution >= 0.6 is 0 Å². The summed E-state index contributed by atoms with van der Waals surface area (Å²) in [5, 5.41) is 0. The van der Waals surface area contributed by atoms with Gasteiger partial charge in [0, 0.05) is 22.3 Å².